The van der Waals surface area contributed by atoms with Crippen molar-refractivity contribution in [2.45, 2.75) is 32.0 Å². The highest BCUT2D eigenvalue weighted by Crippen LogP contribution is 2.40. The number of aromatic amines is 1. The van der Waals surface area contributed by atoms with Crippen molar-refractivity contribution in [3.8, 4) is 0 Å². The number of fused-ring (bicyclic) bond motifs is 1. The molecule has 0 bridgehead atoms. The number of H-pyrrole nitrogens is 1. The zero-order valence-electron chi connectivity index (χ0n) is 20.5. The summed E-state index contributed by atoms with van der Waals surface area (Å²) in [5.74, 6) is -0.710. The second-order valence-electron chi connectivity index (χ2n) is 9.34. The number of benzene rings is 3. The maximum Gasteiger partial charge on any atom is 0.416 e. The van der Waals surface area contributed by atoms with Crippen LogP contribution in [-0.2, 0) is 18.1 Å². The molecule has 9 heteroatoms. The Kier molecular flexibility index (Phi) is 6.61. The van der Waals surface area contributed by atoms with Crippen LogP contribution >= 0.6 is 11.6 Å². The van der Waals surface area contributed by atoms with E-state index in [4.69, 9.17) is 16.6 Å². The van der Waals surface area contributed by atoms with E-state index in [1.165, 1.54) is 6.20 Å². The molecule has 5 rings (SSSR count). The third-order valence-electron chi connectivity index (χ3n) is 6.45. The summed E-state index contributed by atoms with van der Waals surface area (Å²) >= 11 is 6.11. The van der Waals surface area contributed by atoms with Gasteiger partial charge in [-0.05, 0) is 72.5 Å². The topological polar surface area (TPSA) is 53.6 Å². The van der Waals surface area contributed by atoms with Crippen LogP contribution in [-0.4, -0.2) is 15.0 Å². The number of halogens is 5. The zero-order valence-corrected chi connectivity index (χ0v) is 21.3. The Morgan fingerprint density at radius 1 is 0.921 bits per heavy atom. The van der Waals surface area contributed by atoms with Crippen molar-refractivity contribution in [3.05, 3.63) is 123 Å². The molecule has 0 saturated heterocycles. The standard InChI is InChI=1S/C29H23ClF4N4/c1-17-10-18(2)26-24(11-17)36-27(37-26)38-28(15-19-6-4-3-5-7-19,25-9-8-22(30)16-35-25)20-12-21(29(32,33)34)14-23(31)13-20/h3-14,16H,15H2,1-2H3,(H2,36,37,38)/t28-/m1/s1. The number of nitrogens with one attached hydrogen (secondary N) is 2. The molecule has 0 aliphatic heterocycles. The maximum atomic E-state index is 14.8. The van der Waals surface area contributed by atoms with Gasteiger partial charge in [-0.25, -0.2) is 9.37 Å². The Balaban J connectivity index is 1.79. The van der Waals surface area contributed by atoms with Gasteiger partial charge in [-0.15, -0.1) is 0 Å². The molecule has 4 nitrogen and oxygen atoms in total. The van der Waals surface area contributed by atoms with Crippen molar-refractivity contribution >= 4 is 28.6 Å². The van der Waals surface area contributed by atoms with Gasteiger partial charge < -0.3 is 10.3 Å². The van der Waals surface area contributed by atoms with Crippen molar-refractivity contribution in [1.29, 1.82) is 0 Å². The van der Waals surface area contributed by atoms with Gasteiger partial charge in [-0.1, -0.05) is 48.0 Å². The molecule has 2 heterocycles. The Labute approximate surface area is 221 Å². The maximum absolute atomic E-state index is 14.8. The number of pyridine rings is 1. The van der Waals surface area contributed by atoms with E-state index in [1.54, 1.807) is 12.1 Å². The number of aromatic nitrogens is 3. The monoisotopic (exact) mass is 538 g/mol. The van der Waals surface area contributed by atoms with E-state index >= 15 is 0 Å². The highest BCUT2D eigenvalue weighted by molar-refractivity contribution is 6.30. The van der Waals surface area contributed by atoms with Crippen LogP contribution in [0.3, 0.4) is 0 Å². The van der Waals surface area contributed by atoms with Gasteiger partial charge in [0.05, 0.1) is 27.3 Å². The second kappa shape index (κ2) is 9.76. The van der Waals surface area contributed by atoms with Gasteiger partial charge in [-0.2, -0.15) is 13.2 Å². The van der Waals surface area contributed by atoms with E-state index < -0.39 is 23.1 Å². The van der Waals surface area contributed by atoms with Gasteiger partial charge in [0.2, 0.25) is 5.95 Å². The molecule has 0 fully saturated rings. The summed E-state index contributed by atoms with van der Waals surface area (Å²) in [6.45, 7) is 3.89. The largest absolute Gasteiger partial charge is 0.416 e. The third kappa shape index (κ3) is 5.09. The summed E-state index contributed by atoms with van der Waals surface area (Å²) in [5, 5.41) is 3.68. The number of hydrogen-bond acceptors (Lipinski definition) is 3. The minimum Gasteiger partial charge on any atom is -0.340 e. The normalized spacial score (nSPS) is 13.4. The number of alkyl halides is 3. The highest BCUT2D eigenvalue weighted by Gasteiger charge is 2.40. The Morgan fingerprint density at radius 3 is 2.34 bits per heavy atom. The van der Waals surface area contributed by atoms with Gasteiger partial charge in [0.1, 0.15) is 11.4 Å². The first-order valence-electron chi connectivity index (χ1n) is 11.8. The van der Waals surface area contributed by atoms with Crippen LogP contribution in [0.1, 0.15) is 33.5 Å². The molecule has 5 aromatic rings. The van der Waals surface area contributed by atoms with Gasteiger partial charge in [0, 0.05) is 12.6 Å². The number of anilines is 1. The third-order valence-corrected chi connectivity index (χ3v) is 6.67. The Morgan fingerprint density at radius 2 is 1.66 bits per heavy atom. The number of hydrogen-bond donors (Lipinski definition) is 2. The zero-order chi connectivity index (χ0) is 27.1. The van der Waals surface area contributed by atoms with Crippen molar-refractivity contribution < 1.29 is 17.6 Å². The lowest BCUT2D eigenvalue weighted by molar-refractivity contribution is -0.137. The van der Waals surface area contributed by atoms with E-state index in [0.29, 0.717) is 28.2 Å². The minimum atomic E-state index is -4.75. The molecule has 2 N–H and O–H groups in total. The van der Waals surface area contributed by atoms with Crippen LogP contribution < -0.4 is 5.32 Å². The predicted octanol–water partition coefficient (Wildman–Crippen LogP) is 7.98. The number of aryl methyl sites for hydroxylation is 2. The average molecular weight is 539 g/mol. The average Bonchev–Trinajstić information content (AvgIpc) is 3.26. The SMILES string of the molecule is Cc1cc(C)c2nc(N[C@](Cc3ccccc3)(c3cc(F)cc(C(F)(F)F)c3)c3ccc(Cl)cn3)[nH]c2c1. The smallest absolute Gasteiger partial charge is 0.340 e. The number of nitrogens with zero attached hydrogens (tertiary/aromatic N) is 2. The molecule has 0 radical (unpaired) electrons. The van der Waals surface area contributed by atoms with Crippen LogP contribution in [0, 0.1) is 19.7 Å². The quantitative estimate of drug-likeness (QED) is 0.215. The van der Waals surface area contributed by atoms with Gasteiger partial charge in [0.25, 0.3) is 0 Å². The van der Waals surface area contributed by atoms with Gasteiger partial charge in [-0.3, -0.25) is 4.98 Å². The molecule has 2 aromatic heterocycles. The van der Waals surface area contributed by atoms with E-state index in [0.717, 1.165) is 34.3 Å². The van der Waals surface area contributed by atoms with Crippen LogP contribution in [0.25, 0.3) is 11.0 Å². The van der Waals surface area contributed by atoms with Gasteiger partial charge >= 0.3 is 6.18 Å². The van der Waals surface area contributed by atoms with Crippen molar-refractivity contribution in [2.24, 2.45) is 0 Å². The van der Waals surface area contributed by atoms with E-state index in [-0.39, 0.29) is 12.0 Å². The molecule has 0 amide bonds. The molecule has 1 atom stereocenters. The highest BCUT2D eigenvalue weighted by atomic mass is 35.5. The summed E-state index contributed by atoms with van der Waals surface area (Å²) < 4.78 is 56.3. The van der Waals surface area contributed by atoms with Crippen LogP contribution in [0.5, 0.6) is 0 Å². The first-order chi connectivity index (χ1) is 18.0. The van der Waals surface area contributed by atoms with E-state index in [2.05, 4.69) is 15.3 Å². The van der Waals surface area contributed by atoms with Crippen molar-refractivity contribution in [2.75, 3.05) is 5.32 Å². The fourth-order valence-electron chi connectivity index (χ4n) is 4.78. The van der Waals surface area contributed by atoms with Crippen LogP contribution in [0.4, 0.5) is 23.5 Å². The predicted molar refractivity (Wildman–Crippen MR) is 141 cm³/mol. The molecule has 0 unspecified atom stereocenters. The summed E-state index contributed by atoms with van der Waals surface area (Å²) in [7, 11) is 0. The molecule has 0 spiro atoms. The molecule has 0 aliphatic rings. The molecule has 0 aliphatic carbocycles. The van der Waals surface area contributed by atoms with Crippen molar-refractivity contribution in [1.82, 2.24) is 15.0 Å². The lowest BCUT2D eigenvalue weighted by Crippen LogP contribution is -2.40. The summed E-state index contributed by atoms with van der Waals surface area (Å²) in [6, 6.07) is 18.9. The van der Waals surface area contributed by atoms with Crippen molar-refractivity contribution in [3.63, 3.8) is 0 Å². The summed E-state index contributed by atoms with van der Waals surface area (Å²) in [5.41, 5.74) is 2.06. The van der Waals surface area contributed by atoms with E-state index in [9.17, 15) is 17.6 Å². The lowest BCUT2D eigenvalue weighted by atomic mass is 9.80. The van der Waals surface area contributed by atoms with Crippen LogP contribution in [0.15, 0.2) is 79.0 Å². The molecule has 194 valence electrons. The second-order valence-corrected chi connectivity index (χ2v) is 9.78. The molecule has 0 saturated carbocycles. The first kappa shape index (κ1) is 25.7. The molecular weight excluding hydrogens is 516 g/mol. The fourth-order valence-corrected chi connectivity index (χ4v) is 4.90. The van der Waals surface area contributed by atoms with Gasteiger partial charge in [0.15, 0.2) is 0 Å². The molecule has 38 heavy (non-hydrogen) atoms. The minimum absolute atomic E-state index is 0.0388. The first-order valence-corrected chi connectivity index (χ1v) is 12.2. The van der Waals surface area contributed by atoms with E-state index in [1.807, 2.05) is 56.3 Å². The molecule has 3 aromatic carbocycles. The van der Waals surface area contributed by atoms with Crippen LogP contribution in [0.2, 0.25) is 5.02 Å². The Hall–Kier alpha value is -3.91. The fraction of sp³-hybridized carbons (Fsp3) is 0.172. The summed E-state index contributed by atoms with van der Waals surface area (Å²) in [4.78, 5) is 12.4. The summed E-state index contributed by atoms with van der Waals surface area (Å²) in [6.07, 6.45) is -3.20. The molecular formula is C29H23ClF4N4. The number of rotatable bonds is 6. The Bertz CT molecular complexity index is 1600. The lowest BCUT2D eigenvalue weighted by Gasteiger charge is -2.36. The number of imidazole rings is 1.